The van der Waals surface area contributed by atoms with Gasteiger partial charge in [-0.25, -0.2) is 0 Å². The second kappa shape index (κ2) is 6.79. The molecule has 0 saturated carbocycles. The van der Waals surface area contributed by atoms with Gasteiger partial charge in [0.15, 0.2) is 0 Å². The number of rotatable bonds is 5. The van der Waals surface area contributed by atoms with E-state index in [1.165, 1.54) is 16.7 Å². The summed E-state index contributed by atoms with van der Waals surface area (Å²) >= 11 is 1.51. The van der Waals surface area contributed by atoms with Gasteiger partial charge in [0.05, 0.1) is 5.75 Å². The molecule has 0 heterocycles. The zero-order valence-electron chi connectivity index (χ0n) is 12.3. The van der Waals surface area contributed by atoms with Crippen LogP contribution in [-0.4, -0.2) is 34.0 Å². The summed E-state index contributed by atoms with van der Waals surface area (Å²) in [6.45, 7) is 7.71. The fourth-order valence-corrected chi connectivity index (χ4v) is 2.25. The number of anilines is 1. The lowest BCUT2D eigenvalue weighted by Crippen LogP contribution is -2.37. The molecule has 0 atom stereocenters. The number of carboxylic acids is 1. The normalized spacial score (nSPS) is 11.2. The molecule has 1 aromatic rings. The highest BCUT2D eigenvalue weighted by Crippen LogP contribution is 2.24. The highest BCUT2D eigenvalue weighted by atomic mass is 32.2. The number of carboxylic acid groups (broad SMARTS) is 1. The zero-order chi connectivity index (χ0) is 15.3. The van der Waals surface area contributed by atoms with E-state index in [1.54, 1.807) is 12.1 Å². The minimum atomic E-state index is -1.01. The lowest BCUT2D eigenvalue weighted by atomic mass is 10.2. The Morgan fingerprint density at radius 2 is 1.75 bits per heavy atom. The summed E-state index contributed by atoms with van der Waals surface area (Å²) in [6, 6.07) is 7.29. The van der Waals surface area contributed by atoms with Crippen LogP contribution in [0.2, 0.25) is 0 Å². The maximum atomic E-state index is 12.3. The summed E-state index contributed by atoms with van der Waals surface area (Å²) in [5, 5.41) is 8.98. The van der Waals surface area contributed by atoms with Crippen molar-refractivity contribution in [1.29, 1.82) is 0 Å². The van der Waals surface area contributed by atoms with Gasteiger partial charge in [-0.2, -0.15) is 0 Å². The molecule has 0 spiro atoms. The van der Waals surface area contributed by atoms with Gasteiger partial charge < -0.3 is 10.0 Å². The summed E-state index contributed by atoms with van der Waals surface area (Å²) in [5.41, 5.74) is 1.69. The van der Waals surface area contributed by atoms with Crippen molar-refractivity contribution in [2.75, 3.05) is 17.2 Å². The van der Waals surface area contributed by atoms with Crippen LogP contribution in [0.1, 0.15) is 26.3 Å². The molecule has 0 fully saturated rings. The number of hydrogen-bond acceptors (Lipinski definition) is 3. The van der Waals surface area contributed by atoms with Gasteiger partial charge in [0, 0.05) is 10.4 Å². The molecule has 4 nitrogen and oxygen atoms in total. The van der Waals surface area contributed by atoms with Crippen LogP contribution < -0.4 is 4.90 Å². The first kappa shape index (κ1) is 16.6. The molecular formula is C15H21NO3S. The van der Waals surface area contributed by atoms with E-state index in [-0.39, 0.29) is 23.0 Å². The molecule has 0 aliphatic heterocycles. The van der Waals surface area contributed by atoms with E-state index >= 15 is 0 Å². The molecule has 0 aliphatic rings. The Labute approximate surface area is 124 Å². The Hall–Kier alpha value is -1.49. The standard InChI is InChI=1S/C15H21NO3S/c1-11-5-7-12(8-6-11)16(9-14(18)19)13(17)10-20-15(2,3)4/h5-8H,9-10H2,1-4H3,(H,18,19). The Balaban J connectivity index is 2.86. The van der Waals surface area contributed by atoms with Gasteiger partial charge in [-0.15, -0.1) is 11.8 Å². The lowest BCUT2D eigenvalue weighted by molar-refractivity contribution is -0.136. The second-order valence-corrected chi connectivity index (χ2v) is 7.41. The average molecular weight is 295 g/mol. The zero-order valence-corrected chi connectivity index (χ0v) is 13.2. The average Bonchev–Trinajstić information content (AvgIpc) is 2.33. The number of nitrogens with zero attached hydrogens (tertiary/aromatic N) is 1. The summed E-state index contributed by atoms with van der Waals surface area (Å²) in [6.07, 6.45) is 0. The predicted octanol–water partition coefficient (Wildman–Crippen LogP) is 2.94. The van der Waals surface area contributed by atoms with Crippen LogP contribution in [0, 0.1) is 6.92 Å². The van der Waals surface area contributed by atoms with E-state index in [0.717, 1.165) is 5.56 Å². The minimum Gasteiger partial charge on any atom is -0.480 e. The first-order chi connectivity index (χ1) is 9.19. The summed E-state index contributed by atoms with van der Waals surface area (Å²) in [5.74, 6) is -0.930. The molecule has 0 bridgehead atoms. The summed E-state index contributed by atoms with van der Waals surface area (Å²) < 4.78 is -0.0299. The molecule has 1 N–H and O–H groups in total. The maximum absolute atomic E-state index is 12.3. The Kier molecular flexibility index (Phi) is 5.62. The number of benzene rings is 1. The van der Waals surface area contributed by atoms with Gasteiger partial charge in [-0.1, -0.05) is 38.5 Å². The van der Waals surface area contributed by atoms with Crippen molar-refractivity contribution < 1.29 is 14.7 Å². The number of aliphatic carboxylic acids is 1. The van der Waals surface area contributed by atoms with Crippen LogP contribution in [0.25, 0.3) is 0 Å². The van der Waals surface area contributed by atoms with E-state index in [0.29, 0.717) is 5.69 Å². The van der Waals surface area contributed by atoms with Crippen molar-refractivity contribution >= 4 is 29.3 Å². The molecule has 0 aromatic heterocycles. The molecular weight excluding hydrogens is 274 g/mol. The number of carbonyl (C=O) groups excluding carboxylic acids is 1. The fraction of sp³-hybridized carbons (Fsp3) is 0.467. The number of aryl methyl sites for hydroxylation is 1. The molecule has 0 saturated heterocycles. The number of amides is 1. The highest BCUT2D eigenvalue weighted by molar-refractivity contribution is 8.01. The fourth-order valence-electron chi connectivity index (χ4n) is 1.54. The molecule has 20 heavy (non-hydrogen) atoms. The Morgan fingerprint density at radius 3 is 2.20 bits per heavy atom. The molecule has 110 valence electrons. The number of carbonyl (C=O) groups is 2. The van der Waals surface area contributed by atoms with Crippen LogP contribution in [0.4, 0.5) is 5.69 Å². The van der Waals surface area contributed by atoms with Gasteiger partial charge in [-0.3, -0.25) is 9.59 Å². The SMILES string of the molecule is Cc1ccc(N(CC(=O)O)C(=O)CSC(C)(C)C)cc1. The molecule has 1 aromatic carbocycles. The van der Waals surface area contributed by atoms with E-state index in [1.807, 2.05) is 39.8 Å². The molecule has 0 aliphatic carbocycles. The third-order valence-electron chi connectivity index (χ3n) is 2.57. The van der Waals surface area contributed by atoms with E-state index in [9.17, 15) is 9.59 Å². The highest BCUT2D eigenvalue weighted by Gasteiger charge is 2.21. The van der Waals surface area contributed by atoms with Gasteiger partial charge in [0.2, 0.25) is 5.91 Å². The molecule has 0 radical (unpaired) electrons. The van der Waals surface area contributed by atoms with Crippen molar-refractivity contribution in [3.05, 3.63) is 29.8 Å². The van der Waals surface area contributed by atoms with Crippen LogP contribution >= 0.6 is 11.8 Å². The van der Waals surface area contributed by atoms with Crippen LogP contribution in [-0.2, 0) is 9.59 Å². The van der Waals surface area contributed by atoms with Crippen molar-refractivity contribution in [3.8, 4) is 0 Å². The van der Waals surface area contributed by atoms with Gasteiger partial charge >= 0.3 is 5.97 Å². The topological polar surface area (TPSA) is 57.6 Å². The minimum absolute atomic E-state index is 0.0299. The first-order valence-corrected chi connectivity index (χ1v) is 7.40. The van der Waals surface area contributed by atoms with Crippen molar-refractivity contribution in [1.82, 2.24) is 0 Å². The van der Waals surface area contributed by atoms with Gasteiger partial charge in [0.25, 0.3) is 0 Å². The van der Waals surface area contributed by atoms with E-state index in [2.05, 4.69) is 0 Å². The quantitative estimate of drug-likeness (QED) is 0.907. The van der Waals surface area contributed by atoms with Crippen LogP contribution in [0.3, 0.4) is 0 Å². The molecule has 5 heteroatoms. The van der Waals surface area contributed by atoms with Gasteiger partial charge in [0.1, 0.15) is 6.54 Å². The van der Waals surface area contributed by atoms with Crippen molar-refractivity contribution in [2.45, 2.75) is 32.4 Å². The molecule has 1 rings (SSSR count). The Morgan fingerprint density at radius 1 is 1.20 bits per heavy atom. The third-order valence-corrected chi connectivity index (χ3v) is 3.83. The van der Waals surface area contributed by atoms with Crippen LogP contribution in [0.5, 0.6) is 0 Å². The monoisotopic (exact) mass is 295 g/mol. The smallest absolute Gasteiger partial charge is 0.323 e. The molecule has 1 amide bonds. The van der Waals surface area contributed by atoms with Crippen LogP contribution in [0.15, 0.2) is 24.3 Å². The maximum Gasteiger partial charge on any atom is 0.323 e. The molecule has 0 unspecified atom stereocenters. The van der Waals surface area contributed by atoms with Gasteiger partial charge in [-0.05, 0) is 19.1 Å². The number of hydrogen-bond donors (Lipinski definition) is 1. The second-order valence-electron chi connectivity index (χ2n) is 5.61. The van der Waals surface area contributed by atoms with Crippen molar-refractivity contribution in [3.63, 3.8) is 0 Å². The third kappa shape index (κ3) is 5.65. The Bertz CT molecular complexity index is 477. The summed E-state index contributed by atoms with van der Waals surface area (Å²) in [7, 11) is 0. The first-order valence-electron chi connectivity index (χ1n) is 6.42. The van der Waals surface area contributed by atoms with Crippen molar-refractivity contribution in [2.24, 2.45) is 0 Å². The largest absolute Gasteiger partial charge is 0.480 e. The predicted molar refractivity (Wildman–Crippen MR) is 83.4 cm³/mol. The summed E-state index contributed by atoms with van der Waals surface area (Å²) in [4.78, 5) is 24.5. The number of thioether (sulfide) groups is 1. The lowest BCUT2D eigenvalue weighted by Gasteiger charge is -2.23. The van der Waals surface area contributed by atoms with E-state index in [4.69, 9.17) is 5.11 Å². The van der Waals surface area contributed by atoms with E-state index < -0.39 is 5.97 Å².